The molecular formula is C15H12FNO2. The van der Waals surface area contributed by atoms with Crippen LogP contribution in [-0.4, -0.2) is 12.2 Å². The first-order chi connectivity index (χ1) is 9.10. The van der Waals surface area contributed by atoms with E-state index >= 15 is 0 Å². The van der Waals surface area contributed by atoms with Crippen LogP contribution in [0.2, 0.25) is 0 Å². The molecule has 0 fully saturated rings. The molecule has 0 aromatic heterocycles. The Labute approximate surface area is 110 Å². The van der Waals surface area contributed by atoms with Crippen LogP contribution in [0.3, 0.4) is 0 Å². The van der Waals surface area contributed by atoms with Gasteiger partial charge in [-0.25, -0.2) is 4.39 Å². The van der Waals surface area contributed by atoms with Crippen molar-refractivity contribution in [2.75, 3.05) is 5.32 Å². The molecule has 0 heterocycles. The van der Waals surface area contributed by atoms with Crippen molar-refractivity contribution < 1.29 is 14.0 Å². The highest BCUT2D eigenvalue weighted by Crippen LogP contribution is 2.14. The fourth-order valence-corrected chi connectivity index (χ4v) is 1.65. The van der Waals surface area contributed by atoms with E-state index < -0.39 is 11.7 Å². The maximum Gasteiger partial charge on any atom is 0.258 e. The predicted molar refractivity (Wildman–Crippen MR) is 70.9 cm³/mol. The van der Waals surface area contributed by atoms with E-state index in [1.807, 2.05) is 0 Å². The molecule has 0 unspecified atom stereocenters. The average Bonchev–Trinajstić information content (AvgIpc) is 2.39. The summed E-state index contributed by atoms with van der Waals surface area (Å²) in [7, 11) is 0. The number of amides is 1. The zero-order chi connectivity index (χ0) is 13.8. The van der Waals surface area contributed by atoms with Gasteiger partial charge >= 0.3 is 0 Å². The summed E-state index contributed by atoms with van der Waals surface area (Å²) < 4.78 is 13.6. The number of hydrogen-bond acceptors (Lipinski definition) is 2. The third-order valence-electron chi connectivity index (χ3n) is 2.67. The molecule has 0 aliphatic heterocycles. The Morgan fingerprint density at radius 1 is 1.16 bits per heavy atom. The highest BCUT2D eigenvalue weighted by atomic mass is 19.1. The lowest BCUT2D eigenvalue weighted by Gasteiger charge is -2.06. The van der Waals surface area contributed by atoms with Crippen LogP contribution in [0.1, 0.15) is 26.3 Å². The number of aldehydes is 1. The summed E-state index contributed by atoms with van der Waals surface area (Å²) in [5.41, 5.74) is 1.77. The monoisotopic (exact) mass is 257 g/mol. The molecule has 19 heavy (non-hydrogen) atoms. The fraction of sp³-hybridized carbons (Fsp3) is 0.0667. The van der Waals surface area contributed by atoms with Gasteiger partial charge in [0.15, 0.2) is 0 Å². The largest absolute Gasteiger partial charge is 0.322 e. The van der Waals surface area contributed by atoms with Crippen LogP contribution < -0.4 is 5.32 Å². The zero-order valence-electron chi connectivity index (χ0n) is 10.3. The average molecular weight is 257 g/mol. The molecule has 0 atom stereocenters. The Hall–Kier alpha value is -2.49. The molecule has 0 aliphatic rings. The molecule has 0 spiro atoms. The van der Waals surface area contributed by atoms with Gasteiger partial charge in [-0.05, 0) is 48.9 Å². The Kier molecular flexibility index (Phi) is 3.71. The highest BCUT2D eigenvalue weighted by molar-refractivity contribution is 6.04. The SMILES string of the molecule is Cc1ccc(C(=O)Nc2ccc(C=O)cc2)c(F)c1. The molecule has 0 aliphatic carbocycles. The first-order valence-corrected chi connectivity index (χ1v) is 5.73. The molecule has 2 aromatic carbocycles. The number of carbonyl (C=O) groups is 2. The van der Waals surface area contributed by atoms with Crippen LogP contribution in [0.15, 0.2) is 42.5 Å². The van der Waals surface area contributed by atoms with E-state index in [4.69, 9.17) is 0 Å². The lowest BCUT2D eigenvalue weighted by atomic mass is 10.1. The van der Waals surface area contributed by atoms with E-state index in [0.29, 0.717) is 17.5 Å². The second kappa shape index (κ2) is 5.44. The van der Waals surface area contributed by atoms with Gasteiger partial charge in [-0.15, -0.1) is 0 Å². The molecule has 0 saturated heterocycles. The summed E-state index contributed by atoms with van der Waals surface area (Å²) >= 11 is 0. The van der Waals surface area contributed by atoms with Crippen molar-refractivity contribution in [2.45, 2.75) is 6.92 Å². The molecule has 1 amide bonds. The van der Waals surface area contributed by atoms with E-state index in [1.54, 1.807) is 37.3 Å². The number of nitrogens with one attached hydrogen (secondary N) is 1. The third-order valence-corrected chi connectivity index (χ3v) is 2.67. The van der Waals surface area contributed by atoms with Crippen molar-refractivity contribution >= 4 is 17.9 Å². The zero-order valence-corrected chi connectivity index (χ0v) is 10.3. The van der Waals surface area contributed by atoms with Crippen molar-refractivity contribution in [1.82, 2.24) is 0 Å². The Bertz CT molecular complexity index is 621. The number of rotatable bonds is 3. The lowest BCUT2D eigenvalue weighted by molar-refractivity contribution is 0.102. The number of anilines is 1. The van der Waals surface area contributed by atoms with Crippen LogP contribution in [-0.2, 0) is 0 Å². The van der Waals surface area contributed by atoms with E-state index in [9.17, 15) is 14.0 Å². The van der Waals surface area contributed by atoms with Crippen LogP contribution in [0.5, 0.6) is 0 Å². The molecular weight excluding hydrogens is 245 g/mol. The van der Waals surface area contributed by atoms with Crippen LogP contribution in [0.25, 0.3) is 0 Å². The number of aryl methyl sites for hydroxylation is 1. The summed E-state index contributed by atoms with van der Waals surface area (Å²) in [5.74, 6) is -1.07. The third kappa shape index (κ3) is 3.04. The van der Waals surface area contributed by atoms with E-state index in [0.717, 1.165) is 5.56 Å². The molecule has 2 rings (SSSR count). The lowest BCUT2D eigenvalue weighted by Crippen LogP contribution is -2.13. The van der Waals surface area contributed by atoms with E-state index in [2.05, 4.69) is 5.32 Å². The Morgan fingerprint density at radius 2 is 1.84 bits per heavy atom. The Morgan fingerprint density at radius 3 is 2.42 bits per heavy atom. The van der Waals surface area contributed by atoms with Crippen molar-refractivity contribution in [1.29, 1.82) is 0 Å². The summed E-state index contributed by atoms with van der Waals surface area (Å²) in [5, 5.41) is 2.57. The maximum absolute atomic E-state index is 13.6. The van der Waals surface area contributed by atoms with Gasteiger partial charge in [0, 0.05) is 11.3 Å². The second-order valence-electron chi connectivity index (χ2n) is 4.18. The summed E-state index contributed by atoms with van der Waals surface area (Å²) in [6.07, 6.45) is 0.714. The quantitative estimate of drug-likeness (QED) is 0.858. The van der Waals surface area contributed by atoms with Crippen LogP contribution in [0.4, 0.5) is 10.1 Å². The molecule has 1 N–H and O–H groups in total. The summed E-state index contributed by atoms with van der Waals surface area (Å²) in [6, 6.07) is 10.8. The number of hydrogen-bond donors (Lipinski definition) is 1. The maximum atomic E-state index is 13.6. The van der Waals surface area contributed by atoms with Crippen molar-refractivity contribution in [3.63, 3.8) is 0 Å². The van der Waals surface area contributed by atoms with E-state index in [-0.39, 0.29) is 5.56 Å². The smallest absolute Gasteiger partial charge is 0.258 e. The normalized spacial score (nSPS) is 10.0. The predicted octanol–water partition coefficient (Wildman–Crippen LogP) is 3.20. The topological polar surface area (TPSA) is 46.2 Å². The van der Waals surface area contributed by atoms with Gasteiger partial charge in [0.2, 0.25) is 0 Å². The summed E-state index contributed by atoms with van der Waals surface area (Å²) in [6.45, 7) is 1.75. The molecule has 0 bridgehead atoms. The summed E-state index contributed by atoms with van der Waals surface area (Å²) in [4.78, 5) is 22.4. The minimum Gasteiger partial charge on any atom is -0.322 e. The standard InChI is InChI=1S/C15H12FNO2/c1-10-2-7-13(14(16)8-10)15(19)17-12-5-3-11(9-18)4-6-12/h2-9H,1H3,(H,17,19). The first kappa shape index (κ1) is 13.0. The molecule has 2 aromatic rings. The van der Waals surface area contributed by atoms with E-state index in [1.165, 1.54) is 12.1 Å². The molecule has 4 heteroatoms. The van der Waals surface area contributed by atoms with Gasteiger partial charge in [-0.3, -0.25) is 9.59 Å². The second-order valence-corrected chi connectivity index (χ2v) is 4.18. The molecule has 0 saturated carbocycles. The van der Waals surface area contributed by atoms with Crippen molar-refractivity contribution in [2.24, 2.45) is 0 Å². The molecule has 96 valence electrons. The minimum atomic E-state index is -0.554. The number of halogens is 1. The molecule has 3 nitrogen and oxygen atoms in total. The van der Waals surface area contributed by atoms with Crippen LogP contribution >= 0.6 is 0 Å². The Balaban J connectivity index is 2.18. The minimum absolute atomic E-state index is 0.00920. The first-order valence-electron chi connectivity index (χ1n) is 5.73. The van der Waals surface area contributed by atoms with Crippen molar-refractivity contribution in [3.05, 3.63) is 65.0 Å². The van der Waals surface area contributed by atoms with Gasteiger partial charge in [0.05, 0.1) is 5.56 Å². The number of benzene rings is 2. The van der Waals surface area contributed by atoms with Gasteiger partial charge in [-0.1, -0.05) is 6.07 Å². The highest BCUT2D eigenvalue weighted by Gasteiger charge is 2.11. The van der Waals surface area contributed by atoms with Crippen molar-refractivity contribution in [3.8, 4) is 0 Å². The van der Waals surface area contributed by atoms with Gasteiger partial charge in [-0.2, -0.15) is 0 Å². The van der Waals surface area contributed by atoms with Gasteiger partial charge < -0.3 is 5.32 Å². The van der Waals surface area contributed by atoms with Gasteiger partial charge in [0.1, 0.15) is 12.1 Å². The van der Waals surface area contributed by atoms with Gasteiger partial charge in [0.25, 0.3) is 5.91 Å². The number of carbonyl (C=O) groups excluding carboxylic acids is 2. The molecule has 0 radical (unpaired) electrons. The fourth-order valence-electron chi connectivity index (χ4n) is 1.65. The van der Waals surface area contributed by atoms with Crippen LogP contribution in [0, 0.1) is 12.7 Å².